The molecule has 0 aromatic heterocycles. The van der Waals surface area contributed by atoms with Crippen LogP contribution in [0.1, 0.15) is 27.2 Å². The van der Waals surface area contributed by atoms with Crippen molar-refractivity contribution in [2.75, 3.05) is 7.05 Å². The zero-order valence-electron chi connectivity index (χ0n) is 9.15. The second kappa shape index (κ2) is 3.41. The van der Waals surface area contributed by atoms with E-state index in [-0.39, 0.29) is 0 Å². The Kier molecular flexibility index (Phi) is 2.65. The van der Waals surface area contributed by atoms with Crippen molar-refractivity contribution >= 4 is 0 Å². The Morgan fingerprint density at radius 1 is 1.23 bits per heavy atom. The highest BCUT2D eigenvalue weighted by Gasteiger charge is 2.28. The summed E-state index contributed by atoms with van der Waals surface area (Å²) >= 11 is 0. The Morgan fingerprint density at radius 2 is 1.77 bits per heavy atom. The molecule has 0 amide bonds. The lowest BCUT2D eigenvalue weighted by Crippen LogP contribution is -2.32. The maximum Gasteiger partial charge on any atom is 0.0477 e. The molecule has 0 N–H and O–H groups in total. The zero-order valence-corrected chi connectivity index (χ0v) is 9.15. The van der Waals surface area contributed by atoms with Crippen molar-refractivity contribution < 1.29 is 0 Å². The Labute approximate surface area is 81.4 Å². The van der Waals surface area contributed by atoms with Crippen molar-refractivity contribution in [3.8, 4) is 0 Å². The highest BCUT2D eigenvalue weighted by molar-refractivity contribution is 5.66. The molecule has 0 unspecified atom stereocenters. The summed E-state index contributed by atoms with van der Waals surface area (Å²) < 4.78 is 0. The first-order valence-electron chi connectivity index (χ1n) is 4.85. The summed E-state index contributed by atoms with van der Waals surface area (Å²) in [5.74, 6) is 0. The van der Waals surface area contributed by atoms with Gasteiger partial charge in [0.15, 0.2) is 0 Å². The summed E-state index contributed by atoms with van der Waals surface area (Å²) in [5, 5.41) is 0. The van der Waals surface area contributed by atoms with Crippen molar-refractivity contribution in [3.63, 3.8) is 0 Å². The Hall–Kier alpha value is -0.980. The quantitative estimate of drug-likeness (QED) is 0.640. The summed E-state index contributed by atoms with van der Waals surface area (Å²) in [7, 11) is 2.12. The van der Waals surface area contributed by atoms with Gasteiger partial charge >= 0.3 is 0 Å². The average molecular weight is 177 g/mol. The summed E-state index contributed by atoms with van der Waals surface area (Å²) in [5.41, 5.74) is 4.95. The summed E-state index contributed by atoms with van der Waals surface area (Å²) in [6, 6.07) is 0.529. The van der Waals surface area contributed by atoms with Crippen LogP contribution in [0.4, 0.5) is 0 Å². The molecule has 1 rings (SSSR count). The molecule has 0 aromatic rings. The molecule has 0 saturated carbocycles. The van der Waals surface area contributed by atoms with E-state index in [1.165, 1.54) is 11.3 Å². The van der Waals surface area contributed by atoms with Crippen molar-refractivity contribution in [1.29, 1.82) is 0 Å². The lowest BCUT2D eigenvalue weighted by atomic mass is 9.81. The third-order valence-electron chi connectivity index (χ3n) is 2.78. The van der Waals surface area contributed by atoms with Crippen LogP contribution in [0.3, 0.4) is 0 Å². The molecule has 0 fully saturated rings. The maximum atomic E-state index is 4.03. The molecular formula is C12H19N. The van der Waals surface area contributed by atoms with Crippen molar-refractivity contribution in [2.24, 2.45) is 0 Å². The molecule has 0 spiro atoms. The largest absolute Gasteiger partial charge is 0.371 e. The van der Waals surface area contributed by atoms with Gasteiger partial charge in [-0.1, -0.05) is 20.1 Å². The third-order valence-corrected chi connectivity index (χ3v) is 2.78. The third kappa shape index (κ3) is 1.43. The molecule has 13 heavy (non-hydrogen) atoms. The smallest absolute Gasteiger partial charge is 0.0477 e. The summed E-state index contributed by atoms with van der Waals surface area (Å²) in [6.45, 7) is 14.6. The van der Waals surface area contributed by atoms with Crippen LogP contribution in [0.25, 0.3) is 0 Å². The first-order valence-corrected chi connectivity index (χ1v) is 4.85. The van der Waals surface area contributed by atoms with Crippen LogP contribution in [0, 0.1) is 0 Å². The first-order chi connectivity index (χ1) is 6.00. The normalized spacial score (nSPS) is 16.7. The van der Waals surface area contributed by atoms with Crippen LogP contribution in [0.2, 0.25) is 0 Å². The minimum Gasteiger partial charge on any atom is -0.371 e. The Balaban J connectivity index is 2.97. The van der Waals surface area contributed by atoms with Crippen molar-refractivity contribution in [1.82, 2.24) is 4.90 Å². The highest BCUT2D eigenvalue weighted by Crippen LogP contribution is 2.41. The van der Waals surface area contributed by atoms with Gasteiger partial charge in [0.05, 0.1) is 0 Å². The molecule has 1 aliphatic rings. The van der Waals surface area contributed by atoms with Gasteiger partial charge in [-0.25, -0.2) is 0 Å². The second-order valence-electron chi connectivity index (χ2n) is 3.84. The van der Waals surface area contributed by atoms with E-state index >= 15 is 0 Å². The highest BCUT2D eigenvalue weighted by atomic mass is 15.1. The number of hydrogen-bond acceptors (Lipinski definition) is 1. The topological polar surface area (TPSA) is 3.24 Å². The lowest BCUT2D eigenvalue weighted by Gasteiger charge is -2.38. The lowest BCUT2D eigenvalue weighted by molar-refractivity contribution is 0.341. The molecular weight excluding hydrogens is 158 g/mol. The minimum absolute atomic E-state index is 0.529. The molecule has 72 valence electrons. The zero-order chi connectivity index (χ0) is 10.2. The van der Waals surface area contributed by atoms with Crippen LogP contribution in [0.15, 0.2) is 35.6 Å². The van der Waals surface area contributed by atoms with E-state index in [1.54, 1.807) is 0 Å². The van der Waals surface area contributed by atoms with Gasteiger partial charge in [-0.15, -0.1) is 0 Å². The SMILES string of the molecule is C=C1C(=C)C(N(C)C(C)C)=C1CC. The second-order valence-corrected chi connectivity index (χ2v) is 3.84. The minimum atomic E-state index is 0.529. The van der Waals surface area contributed by atoms with Crippen molar-refractivity contribution in [2.45, 2.75) is 33.2 Å². The molecule has 0 aliphatic heterocycles. The Morgan fingerprint density at radius 3 is 2.15 bits per heavy atom. The predicted octanol–water partition coefficient (Wildman–Crippen LogP) is 3.12. The van der Waals surface area contributed by atoms with Gasteiger partial charge in [-0.2, -0.15) is 0 Å². The van der Waals surface area contributed by atoms with E-state index in [0.29, 0.717) is 6.04 Å². The number of rotatable bonds is 3. The van der Waals surface area contributed by atoms with E-state index in [0.717, 1.165) is 17.6 Å². The first kappa shape index (κ1) is 10.1. The molecule has 1 aliphatic carbocycles. The molecule has 0 radical (unpaired) electrons. The molecule has 0 heterocycles. The van der Waals surface area contributed by atoms with E-state index in [1.807, 2.05) is 0 Å². The van der Waals surface area contributed by atoms with Crippen LogP contribution in [-0.2, 0) is 0 Å². The molecule has 0 aromatic carbocycles. The van der Waals surface area contributed by atoms with Gasteiger partial charge in [-0.3, -0.25) is 0 Å². The van der Waals surface area contributed by atoms with Gasteiger partial charge in [0.1, 0.15) is 0 Å². The van der Waals surface area contributed by atoms with E-state index < -0.39 is 0 Å². The number of allylic oxidation sites excluding steroid dienone is 2. The van der Waals surface area contributed by atoms with Crippen molar-refractivity contribution in [3.05, 3.63) is 35.6 Å². The van der Waals surface area contributed by atoms with E-state index in [2.05, 4.69) is 45.9 Å². The Bertz CT molecular complexity index is 281. The van der Waals surface area contributed by atoms with Gasteiger partial charge < -0.3 is 4.90 Å². The molecule has 0 saturated heterocycles. The standard InChI is InChI=1S/C12H19N/c1-7-11-9(4)10(5)12(11)13(6)8(2)3/h8H,4-5,7H2,1-3,6H3. The number of hydrogen-bond donors (Lipinski definition) is 0. The van der Waals surface area contributed by atoms with Gasteiger partial charge in [-0.05, 0) is 37.0 Å². The van der Waals surface area contributed by atoms with E-state index in [4.69, 9.17) is 0 Å². The molecule has 1 nitrogen and oxygen atoms in total. The fourth-order valence-electron chi connectivity index (χ4n) is 1.65. The number of likely N-dealkylation sites (N-methyl/N-ethyl adjacent to an activating group) is 1. The molecule has 0 bridgehead atoms. The monoisotopic (exact) mass is 177 g/mol. The molecule has 1 heteroatoms. The summed E-state index contributed by atoms with van der Waals surface area (Å²) in [4.78, 5) is 2.27. The van der Waals surface area contributed by atoms with Crippen LogP contribution < -0.4 is 0 Å². The van der Waals surface area contributed by atoms with Crippen LogP contribution >= 0.6 is 0 Å². The van der Waals surface area contributed by atoms with Crippen LogP contribution in [-0.4, -0.2) is 18.0 Å². The van der Waals surface area contributed by atoms with Gasteiger partial charge in [0.2, 0.25) is 0 Å². The van der Waals surface area contributed by atoms with Gasteiger partial charge in [0, 0.05) is 18.8 Å². The van der Waals surface area contributed by atoms with E-state index in [9.17, 15) is 0 Å². The average Bonchev–Trinajstić information content (AvgIpc) is 2.10. The fraction of sp³-hybridized carbons (Fsp3) is 0.500. The fourth-order valence-corrected chi connectivity index (χ4v) is 1.65. The van der Waals surface area contributed by atoms with Gasteiger partial charge in [0.25, 0.3) is 0 Å². The van der Waals surface area contributed by atoms with Crippen LogP contribution in [0.5, 0.6) is 0 Å². The summed E-state index contributed by atoms with van der Waals surface area (Å²) in [6.07, 6.45) is 1.06. The maximum absolute atomic E-state index is 4.03. The predicted molar refractivity (Wildman–Crippen MR) is 58.5 cm³/mol. The number of nitrogens with zero attached hydrogens (tertiary/aromatic N) is 1. The molecule has 0 atom stereocenters.